The molecular weight excluding hydrogens is 276 g/mol. The van der Waals surface area contributed by atoms with Crippen molar-refractivity contribution in [3.8, 4) is 0 Å². The van der Waals surface area contributed by atoms with Crippen LogP contribution in [0, 0.1) is 5.21 Å². The first-order valence-electron chi connectivity index (χ1n) is 6.07. The SMILES string of the molecule is [O-][n+]1nc(NCc2ccccc2)nc2ccc(Cl)cc21. The summed E-state index contributed by atoms with van der Waals surface area (Å²) in [5.41, 5.74) is 1.99. The summed E-state index contributed by atoms with van der Waals surface area (Å²) in [6.07, 6.45) is 0. The molecule has 0 fully saturated rings. The molecule has 0 saturated carbocycles. The van der Waals surface area contributed by atoms with Crippen LogP contribution in [0.1, 0.15) is 5.56 Å². The van der Waals surface area contributed by atoms with Crippen LogP contribution >= 0.6 is 11.6 Å². The normalized spacial score (nSPS) is 10.7. The van der Waals surface area contributed by atoms with Crippen LogP contribution in [0.4, 0.5) is 5.95 Å². The molecule has 100 valence electrons. The highest BCUT2D eigenvalue weighted by atomic mass is 35.5. The molecule has 0 aliphatic carbocycles. The molecule has 0 saturated heterocycles. The molecule has 1 aromatic heterocycles. The minimum atomic E-state index is 0.290. The number of nitrogens with zero attached hydrogens (tertiary/aromatic N) is 3. The van der Waals surface area contributed by atoms with E-state index in [1.54, 1.807) is 18.2 Å². The van der Waals surface area contributed by atoms with Gasteiger partial charge in [-0.05, 0) is 22.5 Å². The van der Waals surface area contributed by atoms with Gasteiger partial charge in [-0.25, -0.2) is 4.98 Å². The van der Waals surface area contributed by atoms with Crippen LogP contribution in [0.2, 0.25) is 5.02 Å². The summed E-state index contributed by atoms with van der Waals surface area (Å²) in [5, 5.41) is 19.2. The Bertz CT molecular complexity index is 749. The second kappa shape index (κ2) is 5.30. The van der Waals surface area contributed by atoms with Crippen LogP contribution in [0.5, 0.6) is 0 Å². The Labute approximate surface area is 120 Å². The predicted molar refractivity (Wildman–Crippen MR) is 77.3 cm³/mol. The van der Waals surface area contributed by atoms with E-state index in [0.29, 0.717) is 33.4 Å². The molecule has 0 spiro atoms. The highest BCUT2D eigenvalue weighted by Crippen LogP contribution is 2.15. The zero-order chi connectivity index (χ0) is 13.9. The van der Waals surface area contributed by atoms with Gasteiger partial charge in [0.25, 0.3) is 11.5 Å². The lowest BCUT2D eigenvalue weighted by molar-refractivity contribution is -0.641. The first-order chi connectivity index (χ1) is 9.72. The van der Waals surface area contributed by atoms with Gasteiger partial charge >= 0.3 is 0 Å². The summed E-state index contributed by atoms with van der Waals surface area (Å²) in [6, 6.07) is 14.8. The first kappa shape index (κ1) is 12.6. The number of hydrogen-bond donors (Lipinski definition) is 1. The van der Waals surface area contributed by atoms with Gasteiger partial charge in [-0.15, -0.1) is 0 Å². The quantitative estimate of drug-likeness (QED) is 0.593. The predicted octanol–water partition coefficient (Wildman–Crippen LogP) is 2.53. The Hall–Kier alpha value is -2.40. The minimum absolute atomic E-state index is 0.290. The zero-order valence-electron chi connectivity index (χ0n) is 10.5. The topological polar surface area (TPSA) is 64.8 Å². The molecule has 0 radical (unpaired) electrons. The zero-order valence-corrected chi connectivity index (χ0v) is 11.2. The van der Waals surface area contributed by atoms with Crippen molar-refractivity contribution in [3.63, 3.8) is 0 Å². The monoisotopic (exact) mass is 286 g/mol. The summed E-state index contributed by atoms with van der Waals surface area (Å²) < 4.78 is 0. The smallest absolute Gasteiger partial charge is 0.290 e. The van der Waals surface area contributed by atoms with E-state index in [-0.39, 0.29) is 0 Å². The van der Waals surface area contributed by atoms with Crippen molar-refractivity contribution in [3.05, 3.63) is 64.3 Å². The standard InChI is InChI=1S/C14H11ClN4O/c15-11-6-7-12-13(8-11)19(20)18-14(17-12)16-9-10-4-2-1-3-5-10/h1-8H,9H2,(H,16,17,18). The number of hydrogen-bond acceptors (Lipinski definition) is 4. The number of anilines is 1. The molecule has 0 atom stereocenters. The molecule has 6 heteroatoms. The maximum atomic E-state index is 11.8. The van der Waals surface area contributed by atoms with Gasteiger partial charge in [-0.3, -0.25) is 0 Å². The molecule has 0 amide bonds. The van der Waals surface area contributed by atoms with Gasteiger partial charge in [-0.2, -0.15) is 0 Å². The van der Waals surface area contributed by atoms with Crippen molar-refractivity contribution in [1.82, 2.24) is 10.1 Å². The average molecular weight is 287 g/mol. The summed E-state index contributed by atoms with van der Waals surface area (Å²) in [4.78, 5) is 4.82. The Morgan fingerprint density at radius 2 is 1.95 bits per heavy atom. The molecule has 0 unspecified atom stereocenters. The van der Waals surface area contributed by atoms with Gasteiger partial charge in [0.2, 0.25) is 0 Å². The fourth-order valence-corrected chi connectivity index (χ4v) is 2.04. The van der Waals surface area contributed by atoms with E-state index in [4.69, 9.17) is 11.6 Å². The summed E-state index contributed by atoms with van der Waals surface area (Å²) in [5.74, 6) is 0.290. The van der Waals surface area contributed by atoms with Gasteiger partial charge in [0, 0.05) is 17.6 Å². The van der Waals surface area contributed by atoms with E-state index in [2.05, 4.69) is 15.4 Å². The fraction of sp³-hybridized carbons (Fsp3) is 0.0714. The van der Waals surface area contributed by atoms with Crippen molar-refractivity contribution in [2.24, 2.45) is 0 Å². The van der Waals surface area contributed by atoms with Crippen LogP contribution < -0.4 is 10.2 Å². The number of halogens is 1. The maximum absolute atomic E-state index is 11.8. The summed E-state index contributed by atoms with van der Waals surface area (Å²) in [6.45, 7) is 0.555. The largest absolute Gasteiger partial charge is 0.594 e. The molecule has 0 aliphatic rings. The van der Waals surface area contributed by atoms with E-state index in [9.17, 15) is 5.21 Å². The molecule has 0 bridgehead atoms. The first-order valence-corrected chi connectivity index (χ1v) is 6.45. The Kier molecular flexibility index (Phi) is 3.35. The van der Waals surface area contributed by atoms with Crippen molar-refractivity contribution in [2.75, 3.05) is 5.32 Å². The third-order valence-corrected chi connectivity index (χ3v) is 3.08. The molecule has 1 N–H and O–H groups in total. The highest BCUT2D eigenvalue weighted by molar-refractivity contribution is 6.31. The average Bonchev–Trinajstić information content (AvgIpc) is 2.47. The number of rotatable bonds is 3. The summed E-state index contributed by atoms with van der Waals surface area (Å²) in [7, 11) is 0. The Balaban J connectivity index is 1.87. The number of aromatic nitrogens is 3. The molecule has 3 rings (SSSR count). The van der Waals surface area contributed by atoms with E-state index in [1.807, 2.05) is 30.3 Å². The van der Waals surface area contributed by atoms with Crippen molar-refractivity contribution in [2.45, 2.75) is 6.54 Å². The van der Waals surface area contributed by atoms with E-state index < -0.39 is 0 Å². The van der Waals surface area contributed by atoms with Gasteiger partial charge in [0.15, 0.2) is 0 Å². The van der Waals surface area contributed by atoms with Crippen molar-refractivity contribution >= 4 is 28.6 Å². The van der Waals surface area contributed by atoms with Gasteiger partial charge in [0.05, 0.1) is 5.10 Å². The minimum Gasteiger partial charge on any atom is -0.594 e. The van der Waals surface area contributed by atoms with Crippen LogP contribution in [0.25, 0.3) is 11.0 Å². The van der Waals surface area contributed by atoms with Crippen LogP contribution in [0.15, 0.2) is 48.5 Å². The van der Waals surface area contributed by atoms with E-state index >= 15 is 0 Å². The van der Waals surface area contributed by atoms with Crippen LogP contribution in [0.3, 0.4) is 0 Å². The van der Waals surface area contributed by atoms with Gasteiger partial charge in [0.1, 0.15) is 5.52 Å². The Morgan fingerprint density at radius 1 is 1.15 bits per heavy atom. The second-order valence-corrected chi connectivity index (χ2v) is 4.72. The summed E-state index contributed by atoms with van der Waals surface area (Å²) >= 11 is 5.85. The number of nitrogens with one attached hydrogen (secondary N) is 1. The molecule has 3 aromatic rings. The van der Waals surface area contributed by atoms with Crippen molar-refractivity contribution < 1.29 is 4.85 Å². The number of benzene rings is 2. The fourth-order valence-electron chi connectivity index (χ4n) is 1.87. The number of fused-ring (bicyclic) bond motifs is 1. The second-order valence-electron chi connectivity index (χ2n) is 4.28. The van der Waals surface area contributed by atoms with Gasteiger partial charge in [-0.1, -0.05) is 41.9 Å². The van der Waals surface area contributed by atoms with Crippen LogP contribution in [-0.4, -0.2) is 10.1 Å². The van der Waals surface area contributed by atoms with Gasteiger partial charge < -0.3 is 10.5 Å². The molecule has 1 heterocycles. The third-order valence-electron chi connectivity index (χ3n) is 2.85. The van der Waals surface area contributed by atoms with Crippen LogP contribution in [-0.2, 0) is 6.54 Å². The molecular formula is C14H11ClN4O. The van der Waals surface area contributed by atoms with Crippen molar-refractivity contribution in [1.29, 1.82) is 0 Å². The molecule has 20 heavy (non-hydrogen) atoms. The molecule has 2 aromatic carbocycles. The molecule has 5 nitrogen and oxygen atoms in total. The lowest BCUT2D eigenvalue weighted by Gasteiger charge is -2.05. The van der Waals surface area contributed by atoms with E-state index in [1.165, 1.54) is 0 Å². The Morgan fingerprint density at radius 3 is 2.75 bits per heavy atom. The third kappa shape index (κ3) is 2.62. The lowest BCUT2D eigenvalue weighted by atomic mass is 10.2. The highest BCUT2D eigenvalue weighted by Gasteiger charge is 2.11. The molecule has 0 aliphatic heterocycles. The van der Waals surface area contributed by atoms with E-state index in [0.717, 1.165) is 5.56 Å². The maximum Gasteiger partial charge on any atom is 0.290 e. The lowest BCUT2D eigenvalue weighted by Crippen LogP contribution is -2.33.